The van der Waals surface area contributed by atoms with Crippen molar-refractivity contribution in [1.29, 1.82) is 0 Å². The van der Waals surface area contributed by atoms with E-state index in [-0.39, 0.29) is 55.9 Å². The Balaban J connectivity index is 1.62. The first-order valence-corrected chi connectivity index (χ1v) is 18.5. The van der Waals surface area contributed by atoms with Gasteiger partial charge in [-0.1, -0.05) is 84.9 Å². The Morgan fingerprint density at radius 2 is 0.917 bits per heavy atom. The predicted molar refractivity (Wildman–Crippen MR) is 219 cm³/mol. The summed E-state index contributed by atoms with van der Waals surface area (Å²) < 4.78 is 26.1. The van der Waals surface area contributed by atoms with Crippen LogP contribution in [0.4, 0.5) is 0 Å². The summed E-state index contributed by atoms with van der Waals surface area (Å²) in [6.07, 6.45) is 0. The van der Waals surface area contributed by atoms with Crippen LogP contribution in [0.15, 0.2) is 152 Å². The molecule has 9 rings (SSSR count). The predicted octanol–water partition coefficient (Wildman–Crippen LogP) is 9.25. The van der Waals surface area contributed by atoms with Crippen LogP contribution in [0, 0.1) is 5.92 Å². The minimum absolute atomic E-state index is 0.000773. The lowest BCUT2D eigenvalue weighted by Gasteiger charge is -2.40. The topological polar surface area (TPSA) is 186 Å². The number of para-hydroxylation sites is 4. The highest BCUT2D eigenvalue weighted by Crippen LogP contribution is 2.56. The van der Waals surface area contributed by atoms with Crippen LogP contribution in [0.5, 0.6) is 40.2 Å². The molecule has 0 spiro atoms. The second kappa shape index (κ2) is 14.5. The number of rotatable bonds is 12. The molecule has 294 valence electrons. The van der Waals surface area contributed by atoms with Gasteiger partial charge in [0, 0.05) is 37.7 Å². The highest BCUT2D eigenvalue weighted by molar-refractivity contribution is 6.32. The molecule has 2 unspecified atom stereocenters. The van der Waals surface area contributed by atoms with Crippen LogP contribution in [0.3, 0.4) is 0 Å². The van der Waals surface area contributed by atoms with Crippen LogP contribution in [-0.2, 0) is 20.0 Å². The molecule has 12 nitrogen and oxygen atoms in total. The van der Waals surface area contributed by atoms with E-state index in [0.29, 0.717) is 22.3 Å². The molecule has 0 fully saturated rings. The molecule has 8 aromatic rings. The third kappa shape index (κ3) is 5.93. The van der Waals surface area contributed by atoms with E-state index in [0.717, 1.165) is 6.07 Å². The Kier molecular flexibility index (Phi) is 9.01. The van der Waals surface area contributed by atoms with Crippen molar-refractivity contribution in [3.05, 3.63) is 168 Å². The van der Waals surface area contributed by atoms with Crippen molar-refractivity contribution in [3.63, 3.8) is 0 Å². The van der Waals surface area contributed by atoms with Crippen LogP contribution in [0.25, 0.3) is 37.9 Å². The Morgan fingerprint density at radius 1 is 0.467 bits per heavy atom. The number of ether oxygens (including phenoxy) is 4. The maximum Gasteiger partial charge on any atom is 0.354 e. The van der Waals surface area contributed by atoms with Gasteiger partial charge in [0.1, 0.15) is 46.2 Å². The van der Waals surface area contributed by atoms with Crippen molar-refractivity contribution < 1.29 is 58.6 Å². The van der Waals surface area contributed by atoms with Gasteiger partial charge in [0.25, 0.3) is 0 Å². The number of carbonyl (C=O) groups is 4. The summed E-state index contributed by atoms with van der Waals surface area (Å²) in [5, 5.41) is 45.1. The second-order valence-electron chi connectivity index (χ2n) is 13.9. The molecule has 0 amide bonds. The molecule has 0 heterocycles. The molecule has 1 aliphatic carbocycles. The number of carboxylic acids is 4. The molecule has 0 aliphatic heterocycles. The Hall–Kier alpha value is -8.38. The quantitative estimate of drug-likeness (QED) is 0.0679. The first-order chi connectivity index (χ1) is 29.1. The van der Waals surface area contributed by atoms with Crippen LogP contribution >= 0.6 is 0 Å². The third-order valence-corrected chi connectivity index (χ3v) is 10.4. The van der Waals surface area contributed by atoms with Gasteiger partial charge in [0.2, 0.25) is 5.60 Å². The molecule has 1 aliphatic rings. The van der Waals surface area contributed by atoms with Crippen LogP contribution < -0.4 is 24.2 Å². The molecule has 12 heteroatoms. The number of aromatic carboxylic acids is 1. The van der Waals surface area contributed by atoms with Gasteiger partial charge < -0.3 is 39.4 Å². The Bertz CT molecular complexity index is 3090. The minimum Gasteiger partial charge on any atom is -0.481 e. The lowest BCUT2D eigenvalue weighted by molar-refractivity contribution is -0.169. The average Bonchev–Trinajstić information content (AvgIpc) is 3.24. The molecule has 60 heavy (non-hydrogen) atoms. The minimum atomic E-state index is -3.11. The standard InChI is InChI=1S/C48H30O12/c49-44(50)31-25-34(59-29-17-9-3-10-18-29)38-37-32(57-27-13-5-1-6-14-27)23-21-26-22-24-33(58-28-15-7-2-8-16-28)39(35(26)37)42-40(38)36(31)41(45(51)52)43(46(53)54)48(42,47(55)56)60-30-19-11-4-12-20-30/h1-25,43H,(H,49,50)(H,51,52)(H,53,54)(H,55,56). The average molecular weight is 799 g/mol. The molecular weight excluding hydrogens is 769 g/mol. The van der Waals surface area contributed by atoms with Crippen LogP contribution in [0.1, 0.15) is 15.9 Å². The van der Waals surface area contributed by atoms with E-state index in [1.165, 1.54) is 24.3 Å². The van der Waals surface area contributed by atoms with Gasteiger partial charge in [-0.05, 0) is 72.1 Å². The first kappa shape index (κ1) is 37.2. The van der Waals surface area contributed by atoms with Crippen molar-refractivity contribution in [2.75, 3.05) is 0 Å². The summed E-state index contributed by atoms with van der Waals surface area (Å²) in [6.45, 7) is 0. The van der Waals surface area contributed by atoms with Gasteiger partial charge in [-0.15, -0.1) is 0 Å². The number of hydrogen-bond acceptors (Lipinski definition) is 8. The van der Waals surface area contributed by atoms with Crippen molar-refractivity contribution in [2.24, 2.45) is 5.92 Å². The van der Waals surface area contributed by atoms with Crippen molar-refractivity contribution in [3.8, 4) is 40.2 Å². The summed E-state index contributed by atoms with van der Waals surface area (Å²) in [6, 6.07) is 41.0. The monoisotopic (exact) mass is 798 g/mol. The number of aliphatic carboxylic acids is 3. The summed E-state index contributed by atoms with van der Waals surface area (Å²) in [7, 11) is 0. The Morgan fingerprint density at radius 3 is 1.37 bits per heavy atom. The largest absolute Gasteiger partial charge is 0.481 e. The fourth-order valence-corrected chi connectivity index (χ4v) is 8.15. The van der Waals surface area contributed by atoms with Gasteiger partial charge in [-0.25, -0.2) is 14.4 Å². The van der Waals surface area contributed by atoms with E-state index < -0.39 is 51.8 Å². The van der Waals surface area contributed by atoms with Crippen molar-refractivity contribution in [1.82, 2.24) is 0 Å². The van der Waals surface area contributed by atoms with Gasteiger partial charge in [-0.3, -0.25) is 4.79 Å². The molecule has 0 bridgehead atoms. The Labute approximate surface area is 339 Å². The maximum atomic E-state index is 14.5. The van der Waals surface area contributed by atoms with E-state index in [1.54, 1.807) is 121 Å². The van der Waals surface area contributed by atoms with E-state index in [2.05, 4.69) is 0 Å². The number of benzene rings is 8. The molecule has 0 radical (unpaired) electrons. The van der Waals surface area contributed by atoms with Gasteiger partial charge in [0.15, 0.2) is 0 Å². The fourth-order valence-electron chi connectivity index (χ4n) is 8.15. The van der Waals surface area contributed by atoms with Gasteiger partial charge >= 0.3 is 23.9 Å². The molecule has 8 aromatic carbocycles. The number of fused-ring (bicyclic) bond motifs is 2. The highest BCUT2D eigenvalue weighted by atomic mass is 16.5. The fraction of sp³-hybridized carbons (Fsp3) is 0.0417. The zero-order valence-electron chi connectivity index (χ0n) is 31.1. The van der Waals surface area contributed by atoms with E-state index in [9.17, 15) is 39.6 Å². The number of hydrogen-bond donors (Lipinski definition) is 4. The second-order valence-corrected chi connectivity index (χ2v) is 13.9. The zero-order valence-corrected chi connectivity index (χ0v) is 31.1. The highest BCUT2D eigenvalue weighted by Gasteiger charge is 2.61. The van der Waals surface area contributed by atoms with E-state index in [1.807, 2.05) is 0 Å². The summed E-state index contributed by atoms with van der Waals surface area (Å²) in [4.78, 5) is 55.4. The summed E-state index contributed by atoms with van der Waals surface area (Å²) >= 11 is 0. The molecule has 2 atom stereocenters. The van der Waals surface area contributed by atoms with Crippen LogP contribution in [-0.4, -0.2) is 44.3 Å². The molecule has 4 N–H and O–H groups in total. The van der Waals surface area contributed by atoms with Crippen molar-refractivity contribution >= 4 is 61.8 Å². The SMILES string of the molecule is O=C(O)C1=c2c(C(=O)O)cc(Oc3ccccc3)c3c2c(c2c(Oc4ccccc4)ccc4ccc(Oc5ccccc5)c3c42)C(Oc2ccccc2)(C(=O)O)C1C(=O)O. The van der Waals surface area contributed by atoms with E-state index in [4.69, 9.17) is 18.9 Å². The van der Waals surface area contributed by atoms with Gasteiger partial charge in [-0.2, -0.15) is 0 Å². The third-order valence-electron chi connectivity index (χ3n) is 10.4. The first-order valence-electron chi connectivity index (χ1n) is 18.5. The molecule has 0 saturated carbocycles. The molecular formula is C48H30O12. The zero-order chi connectivity index (χ0) is 41.7. The van der Waals surface area contributed by atoms with Gasteiger partial charge in [0.05, 0.1) is 11.1 Å². The maximum absolute atomic E-state index is 14.5. The normalized spacial score (nSPS) is 15.7. The van der Waals surface area contributed by atoms with E-state index >= 15 is 0 Å². The molecule has 0 saturated heterocycles. The lowest BCUT2D eigenvalue weighted by atomic mass is 9.67. The van der Waals surface area contributed by atoms with Crippen LogP contribution in [0.2, 0.25) is 0 Å². The molecule has 0 aromatic heterocycles. The lowest BCUT2D eigenvalue weighted by Crippen LogP contribution is -2.56. The summed E-state index contributed by atoms with van der Waals surface area (Å²) in [5.41, 5.74) is -5.18. The number of carboxylic acid groups (broad SMARTS) is 4. The van der Waals surface area contributed by atoms with Crippen molar-refractivity contribution in [2.45, 2.75) is 5.60 Å². The smallest absolute Gasteiger partial charge is 0.354 e. The summed E-state index contributed by atoms with van der Waals surface area (Å²) in [5.74, 6) is -8.92.